The van der Waals surface area contributed by atoms with Crippen LogP contribution in [0.15, 0.2) is 18.2 Å². The summed E-state index contributed by atoms with van der Waals surface area (Å²) in [6.07, 6.45) is -0.861. The minimum atomic E-state index is -0.841. The lowest BCUT2D eigenvalue weighted by Crippen LogP contribution is -2.29. The van der Waals surface area contributed by atoms with Gasteiger partial charge in [0.25, 0.3) is 5.91 Å². The molecule has 0 aliphatic carbocycles. The summed E-state index contributed by atoms with van der Waals surface area (Å²) in [5.41, 5.74) is 1.63. The average Bonchev–Trinajstić information content (AvgIpc) is 2.95. The topological polar surface area (TPSA) is 70.0 Å². The number of carbonyl (C=O) groups excluding carboxylic acids is 1. The van der Waals surface area contributed by atoms with Gasteiger partial charge in [0, 0.05) is 25.1 Å². The Morgan fingerprint density at radius 3 is 2.72 bits per heavy atom. The van der Waals surface area contributed by atoms with Gasteiger partial charge in [-0.3, -0.25) is 4.79 Å². The fourth-order valence-corrected chi connectivity index (χ4v) is 2.44. The maximum absolute atomic E-state index is 12.2. The van der Waals surface area contributed by atoms with Crippen molar-refractivity contribution in [3.05, 3.63) is 29.3 Å². The largest absolute Gasteiger partial charge is 0.493 e. The van der Waals surface area contributed by atoms with E-state index in [0.29, 0.717) is 12.2 Å². The Labute approximate surface area is 105 Å². The number of β-amino-alcohol motifs (C(OH)–C–C–N with tert-alkyl or cyclic N) is 2. The van der Waals surface area contributed by atoms with Crippen molar-refractivity contribution in [1.29, 1.82) is 0 Å². The van der Waals surface area contributed by atoms with Gasteiger partial charge < -0.3 is 19.8 Å². The lowest BCUT2D eigenvalue weighted by molar-refractivity contribution is 0.0572. The Kier molecular flexibility index (Phi) is 2.72. The van der Waals surface area contributed by atoms with E-state index in [0.717, 1.165) is 17.7 Å². The van der Waals surface area contributed by atoms with Crippen LogP contribution in [0.4, 0.5) is 0 Å². The predicted octanol–water partition coefficient (Wildman–Crippen LogP) is -0.201. The van der Waals surface area contributed by atoms with Gasteiger partial charge in [0.1, 0.15) is 5.75 Å². The normalized spacial score (nSPS) is 26.0. The van der Waals surface area contributed by atoms with E-state index in [-0.39, 0.29) is 19.0 Å². The molecule has 1 fully saturated rings. The molecule has 2 atom stereocenters. The standard InChI is InChI=1S/C13H15NO4/c15-10-6-14(7-11(10)16)13(17)9-1-2-12-8(5-9)3-4-18-12/h1-2,5,10-11,15-16H,3-4,6-7H2/t10-,11+. The summed E-state index contributed by atoms with van der Waals surface area (Å²) >= 11 is 0. The van der Waals surface area contributed by atoms with Gasteiger partial charge >= 0.3 is 0 Å². The minimum absolute atomic E-state index is 0.152. The van der Waals surface area contributed by atoms with Crippen LogP contribution in [0.25, 0.3) is 0 Å². The Hall–Kier alpha value is -1.59. The van der Waals surface area contributed by atoms with Crippen molar-refractivity contribution in [2.75, 3.05) is 19.7 Å². The van der Waals surface area contributed by atoms with Crippen LogP contribution in [-0.2, 0) is 6.42 Å². The van der Waals surface area contributed by atoms with Crippen molar-refractivity contribution in [3.8, 4) is 5.75 Å². The van der Waals surface area contributed by atoms with Gasteiger partial charge in [0.15, 0.2) is 0 Å². The lowest BCUT2D eigenvalue weighted by atomic mass is 10.1. The maximum Gasteiger partial charge on any atom is 0.254 e. The molecule has 5 nitrogen and oxygen atoms in total. The summed E-state index contributed by atoms with van der Waals surface area (Å²) in [6, 6.07) is 5.36. The van der Waals surface area contributed by atoms with Crippen LogP contribution in [0.1, 0.15) is 15.9 Å². The summed E-state index contributed by atoms with van der Waals surface area (Å²) < 4.78 is 5.39. The highest BCUT2D eigenvalue weighted by Gasteiger charge is 2.33. The first kappa shape index (κ1) is 11.5. The van der Waals surface area contributed by atoms with E-state index in [4.69, 9.17) is 4.74 Å². The third kappa shape index (κ3) is 1.85. The third-order valence-corrected chi connectivity index (χ3v) is 3.48. The van der Waals surface area contributed by atoms with E-state index in [2.05, 4.69) is 0 Å². The van der Waals surface area contributed by atoms with Crippen molar-refractivity contribution in [2.24, 2.45) is 0 Å². The molecule has 18 heavy (non-hydrogen) atoms. The van der Waals surface area contributed by atoms with E-state index in [9.17, 15) is 15.0 Å². The van der Waals surface area contributed by atoms with Crippen molar-refractivity contribution >= 4 is 5.91 Å². The van der Waals surface area contributed by atoms with Crippen LogP contribution in [0.5, 0.6) is 5.75 Å². The van der Waals surface area contributed by atoms with E-state index < -0.39 is 12.2 Å². The van der Waals surface area contributed by atoms with Gasteiger partial charge in [0.05, 0.1) is 18.8 Å². The van der Waals surface area contributed by atoms with Crippen molar-refractivity contribution < 1.29 is 19.7 Å². The number of aliphatic hydroxyl groups excluding tert-OH is 2. The van der Waals surface area contributed by atoms with E-state index in [1.54, 1.807) is 12.1 Å². The Morgan fingerprint density at radius 2 is 2.00 bits per heavy atom. The zero-order chi connectivity index (χ0) is 12.7. The fourth-order valence-electron chi connectivity index (χ4n) is 2.44. The molecule has 0 unspecified atom stereocenters. The molecular formula is C13H15NO4. The number of rotatable bonds is 1. The van der Waals surface area contributed by atoms with Gasteiger partial charge in [-0.25, -0.2) is 0 Å². The molecular weight excluding hydrogens is 234 g/mol. The number of nitrogens with zero attached hydrogens (tertiary/aromatic N) is 1. The van der Waals surface area contributed by atoms with E-state index in [1.807, 2.05) is 6.07 Å². The number of hydrogen-bond acceptors (Lipinski definition) is 4. The molecule has 1 saturated heterocycles. The number of amides is 1. The fraction of sp³-hybridized carbons (Fsp3) is 0.462. The van der Waals surface area contributed by atoms with Gasteiger partial charge in [-0.1, -0.05) is 0 Å². The molecule has 1 aromatic rings. The molecule has 2 aliphatic heterocycles. The van der Waals surface area contributed by atoms with E-state index >= 15 is 0 Å². The van der Waals surface area contributed by atoms with Crippen LogP contribution in [0.3, 0.4) is 0 Å². The molecule has 5 heteroatoms. The predicted molar refractivity (Wildman–Crippen MR) is 63.6 cm³/mol. The molecule has 1 amide bonds. The molecule has 2 heterocycles. The minimum Gasteiger partial charge on any atom is -0.493 e. The number of aliphatic hydroxyl groups is 2. The average molecular weight is 249 g/mol. The number of likely N-dealkylation sites (tertiary alicyclic amines) is 1. The Morgan fingerprint density at radius 1 is 1.28 bits per heavy atom. The summed E-state index contributed by atoms with van der Waals surface area (Å²) in [4.78, 5) is 13.7. The van der Waals surface area contributed by atoms with Crippen LogP contribution in [-0.4, -0.2) is 52.9 Å². The number of benzene rings is 1. The van der Waals surface area contributed by atoms with Crippen LogP contribution in [0.2, 0.25) is 0 Å². The molecule has 1 aromatic carbocycles. The quantitative estimate of drug-likeness (QED) is 0.723. The molecule has 0 spiro atoms. The number of hydrogen-bond donors (Lipinski definition) is 2. The van der Waals surface area contributed by atoms with Crippen molar-refractivity contribution in [2.45, 2.75) is 18.6 Å². The molecule has 96 valence electrons. The second-order valence-electron chi connectivity index (χ2n) is 4.77. The zero-order valence-corrected chi connectivity index (χ0v) is 9.87. The molecule has 0 radical (unpaired) electrons. The van der Waals surface area contributed by atoms with Crippen LogP contribution < -0.4 is 4.74 Å². The van der Waals surface area contributed by atoms with Gasteiger partial charge in [0.2, 0.25) is 0 Å². The second kappa shape index (κ2) is 4.26. The van der Waals surface area contributed by atoms with Gasteiger partial charge in [-0.15, -0.1) is 0 Å². The third-order valence-electron chi connectivity index (χ3n) is 3.48. The molecule has 0 aromatic heterocycles. The maximum atomic E-state index is 12.2. The van der Waals surface area contributed by atoms with E-state index in [1.165, 1.54) is 4.90 Å². The summed E-state index contributed by atoms with van der Waals surface area (Å²) in [5, 5.41) is 18.9. The molecule has 2 aliphatic rings. The number of ether oxygens (including phenoxy) is 1. The highest BCUT2D eigenvalue weighted by Crippen LogP contribution is 2.26. The van der Waals surface area contributed by atoms with Crippen LogP contribution >= 0.6 is 0 Å². The molecule has 3 rings (SSSR count). The molecule has 0 saturated carbocycles. The number of fused-ring (bicyclic) bond motifs is 1. The molecule has 2 N–H and O–H groups in total. The Balaban J connectivity index is 1.81. The SMILES string of the molecule is O=C(c1ccc2c(c1)CCO2)N1C[C@@H](O)[C@@H](O)C1. The first-order valence-electron chi connectivity index (χ1n) is 6.06. The summed E-state index contributed by atoms with van der Waals surface area (Å²) in [7, 11) is 0. The zero-order valence-electron chi connectivity index (χ0n) is 9.87. The van der Waals surface area contributed by atoms with Crippen LogP contribution in [0, 0.1) is 0 Å². The monoisotopic (exact) mass is 249 g/mol. The highest BCUT2D eigenvalue weighted by atomic mass is 16.5. The summed E-state index contributed by atoms with van der Waals surface area (Å²) in [6.45, 7) is 1.04. The summed E-state index contributed by atoms with van der Waals surface area (Å²) in [5.74, 6) is 0.688. The van der Waals surface area contributed by atoms with Gasteiger partial charge in [-0.05, 0) is 23.8 Å². The second-order valence-corrected chi connectivity index (χ2v) is 4.77. The first-order chi connectivity index (χ1) is 8.65. The van der Waals surface area contributed by atoms with Crippen molar-refractivity contribution in [1.82, 2.24) is 4.90 Å². The highest BCUT2D eigenvalue weighted by molar-refractivity contribution is 5.95. The molecule has 0 bridgehead atoms. The smallest absolute Gasteiger partial charge is 0.254 e. The Bertz CT molecular complexity index is 478. The van der Waals surface area contributed by atoms with Crippen molar-refractivity contribution in [3.63, 3.8) is 0 Å². The first-order valence-corrected chi connectivity index (χ1v) is 6.06. The lowest BCUT2D eigenvalue weighted by Gasteiger charge is -2.15. The van der Waals surface area contributed by atoms with Gasteiger partial charge in [-0.2, -0.15) is 0 Å². The number of carbonyl (C=O) groups is 1.